The number of hydrogen-bond donors (Lipinski definition) is 2. The number of amides is 1. The molecule has 27 heavy (non-hydrogen) atoms. The Balaban J connectivity index is 1.76. The van der Waals surface area contributed by atoms with Gasteiger partial charge in [-0.3, -0.25) is 4.79 Å². The maximum atomic E-state index is 13.5. The standard InChI is InChI=1S/C20H22FN3O3/c1-26-18-8-6-14(12-19(18)27-2)7-9-20(25)24-11-10-23-17-5-3-4-16(21)15(17)13-22/h3-6,8,12,23H,7,9-11H2,1-2H3,(H,24,25). The van der Waals surface area contributed by atoms with Gasteiger partial charge in [0.1, 0.15) is 17.4 Å². The summed E-state index contributed by atoms with van der Waals surface area (Å²) in [7, 11) is 3.14. The predicted molar refractivity (Wildman–Crippen MR) is 100 cm³/mol. The molecule has 0 saturated carbocycles. The van der Waals surface area contributed by atoms with Gasteiger partial charge in [0.15, 0.2) is 11.5 Å². The summed E-state index contributed by atoms with van der Waals surface area (Å²) in [6.45, 7) is 0.756. The summed E-state index contributed by atoms with van der Waals surface area (Å²) in [5, 5.41) is 14.7. The second kappa shape index (κ2) is 10.0. The van der Waals surface area contributed by atoms with Crippen LogP contribution in [0, 0.1) is 17.1 Å². The molecule has 2 aromatic rings. The van der Waals surface area contributed by atoms with Crippen molar-refractivity contribution in [3.8, 4) is 17.6 Å². The number of ether oxygens (including phenoxy) is 2. The van der Waals surface area contributed by atoms with Crippen LogP contribution < -0.4 is 20.1 Å². The molecule has 142 valence electrons. The van der Waals surface area contributed by atoms with Crippen LogP contribution in [-0.4, -0.2) is 33.2 Å². The molecule has 0 aliphatic carbocycles. The van der Waals surface area contributed by atoms with Crippen LogP contribution in [0.3, 0.4) is 0 Å². The minimum absolute atomic E-state index is 0.0303. The van der Waals surface area contributed by atoms with E-state index in [0.717, 1.165) is 5.56 Å². The van der Waals surface area contributed by atoms with Gasteiger partial charge in [-0.15, -0.1) is 0 Å². The molecule has 0 atom stereocenters. The largest absolute Gasteiger partial charge is 0.493 e. The molecule has 0 fully saturated rings. The normalized spacial score (nSPS) is 10.0. The molecule has 0 bridgehead atoms. The molecular formula is C20H22FN3O3. The summed E-state index contributed by atoms with van der Waals surface area (Å²) in [5.41, 5.74) is 1.36. The molecule has 0 radical (unpaired) electrons. The van der Waals surface area contributed by atoms with Crippen LogP contribution >= 0.6 is 0 Å². The van der Waals surface area contributed by atoms with E-state index in [2.05, 4.69) is 10.6 Å². The number of rotatable bonds is 9. The van der Waals surface area contributed by atoms with Crippen molar-refractivity contribution < 1.29 is 18.7 Å². The van der Waals surface area contributed by atoms with Crippen LogP contribution in [0.25, 0.3) is 0 Å². The van der Waals surface area contributed by atoms with Crippen molar-refractivity contribution in [3.05, 3.63) is 53.3 Å². The van der Waals surface area contributed by atoms with Crippen molar-refractivity contribution in [2.45, 2.75) is 12.8 Å². The van der Waals surface area contributed by atoms with E-state index in [1.165, 1.54) is 12.1 Å². The van der Waals surface area contributed by atoms with Gasteiger partial charge in [0, 0.05) is 19.5 Å². The molecule has 6 nitrogen and oxygen atoms in total. The second-order valence-corrected chi connectivity index (χ2v) is 5.74. The molecule has 0 unspecified atom stereocenters. The van der Waals surface area contributed by atoms with E-state index in [9.17, 15) is 9.18 Å². The van der Waals surface area contributed by atoms with E-state index in [1.54, 1.807) is 20.3 Å². The number of hydrogen-bond acceptors (Lipinski definition) is 5. The quantitative estimate of drug-likeness (QED) is 0.662. The molecule has 7 heteroatoms. The number of halogens is 1. The molecule has 1 amide bonds. The van der Waals surface area contributed by atoms with Crippen molar-refractivity contribution in [3.63, 3.8) is 0 Å². The lowest BCUT2D eigenvalue weighted by Crippen LogP contribution is -2.29. The number of nitrogens with zero attached hydrogens (tertiary/aromatic N) is 1. The Morgan fingerprint density at radius 3 is 2.63 bits per heavy atom. The zero-order chi connectivity index (χ0) is 19.6. The van der Waals surface area contributed by atoms with Crippen molar-refractivity contribution in [1.82, 2.24) is 5.32 Å². The number of methoxy groups -OCH3 is 2. The van der Waals surface area contributed by atoms with Gasteiger partial charge in [0.2, 0.25) is 5.91 Å². The lowest BCUT2D eigenvalue weighted by Gasteiger charge is -2.11. The molecule has 0 heterocycles. The van der Waals surface area contributed by atoms with Gasteiger partial charge in [0.05, 0.1) is 19.9 Å². The highest BCUT2D eigenvalue weighted by molar-refractivity contribution is 5.76. The Kier molecular flexibility index (Phi) is 7.44. The third kappa shape index (κ3) is 5.61. The number of nitriles is 1. The lowest BCUT2D eigenvalue weighted by atomic mass is 10.1. The minimum Gasteiger partial charge on any atom is -0.493 e. The average Bonchev–Trinajstić information content (AvgIpc) is 2.69. The van der Waals surface area contributed by atoms with Crippen molar-refractivity contribution >= 4 is 11.6 Å². The summed E-state index contributed by atoms with van der Waals surface area (Å²) in [5.74, 6) is 0.613. The summed E-state index contributed by atoms with van der Waals surface area (Å²) in [6, 6.07) is 11.8. The van der Waals surface area contributed by atoms with Crippen molar-refractivity contribution in [1.29, 1.82) is 5.26 Å². The highest BCUT2D eigenvalue weighted by Crippen LogP contribution is 2.27. The third-order valence-corrected chi connectivity index (χ3v) is 3.98. The number of benzene rings is 2. The van der Waals surface area contributed by atoms with Crippen LogP contribution in [0.5, 0.6) is 11.5 Å². The van der Waals surface area contributed by atoms with E-state index >= 15 is 0 Å². The van der Waals surface area contributed by atoms with Crippen LogP contribution in [-0.2, 0) is 11.2 Å². The van der Waals surface area contributed by atoms with E-state index in [0.29, 0.717) is 43.1 Å². The fourth-order valence-corrected chi connectivity index (χ4v) is 2.57. The number of aryl methyl sites for hydroxylation is 1. The predicted octanol–water partition coefficient (Wildman–Crippen LogP) is 2.88. The molecule has 0 aliphatic rings. The molecule has 2 N–H and O–H groups in total. The topological polar surface area (TPSA) is 83.4 Å². The highest BCUT2D eigenvalue weighted by atomic mass is 19.1. The van der Waals surface area contributed by atoms with Gasteiger partial charge in [-0.05, 0) is 36.2 Å². The van der Waals surface area contributed by atoms with Gasteiger partial charge in [0.25, 0.3) is 0 Å². The third-order valence-electron chi connectivity index (χ3n) is 3.98. The highest BCUT2D eigenvalue weighted by Gasteiger charge is 2.08. The zero-order valence-electron chi connectivity index (χ0n) is 15.3. The summed E-state index contributed by atoms with van der Waals surface area (Å²) in [6.07, 6.45) is 0.904. The first-order valence-corrected chi connectivity index (χ1v) is 8.49. The zero-order valence-corrected chi connectivity index (χ0v) is 15.3. The lowest BCUT2D eigenvalue weighted by molar-refractivity contribution is -0.120. The molecule has 2 rings (SSSR count). The van der Waals surface area contributed by atoms with Gasteiger partial charge in [-0.2, -0.15) is 5.26 Å². The van der Waals surface area contributed by atoms with Crippen LogP contribution in [0.4, 0.5) is 10.1 Å². The maximum absolute atomic E-state index is 13.5. The second-order valence-electron chi connectivity index (χ2n) is 5.74. The Labute approximate surface area is 157 Å². The van der Waals surface area contributed by atoms with Crippen molar-refractivity contribution in [2.24, 2.45) is 0 Å². The first-order valence-electron chi connectivity index (χ1n) is 8.49. The van der Waals surface area contributed by atoms with Crippen LogP contribution in [0.2, 0.25) is 0 Å². The Morgan fingerprint density at radius 2 is 1.93 bits per heavy atom. The fourth-order valence-electron chi connectivity index (χ4n) is 2.57. The Hall–Kier alpha value is -3.27. The summed E-state index contributed by atoms with van der Waals surface area (Å²) in [4.78, 5) is 12.0. The summed E-state index contributed by atoms with van der Waals surface area (Å²) >= 11 is 0. The summed E-state index contributed by atoms with van der Waals surface area (Å²) < 4.78 is 23.9. The van der Waals surface area contributed by atoms with E-state index in [1.807, 2.05) is 24.3 Å². The van der Waals surface area contributed by atoms with E-state index in [4.69, 9.17) is 14.7 Å². The van der Waals surface area contributed by atoms with Gasteiger partial charge >= 0.3 is 0 Å². The Morgan fingerprint density at radius 1 is 1.15 bits per heavy atom. The molecular weight excluding hydrogens is 349 g/mol. The smallest absolute Gasteiger partial charge is 0.220 e. The number of carbonyl (C=O) groups is 1. The average molecular weight is 371 g/mol. The van der Waals surface area contributed by atoms with E-state index in [-0.39, 0.29) is 11.5 Å². The van der Waals surface area contributed by atoms with Crippen molar-refractivity contribution in [2.75, 3.05) is 32.6 Å². The molecule has 2 aromatic carbocycles. The van der Waals surface area contributed by atoms with Crippen LogP contribution in [0.15, 0.2) is 36.4 Å². The molecule has 0 spiro atoms. The van der Waals surface area contributed by atoms with Gasteiger partial charge in [-0.1, -0.05) is 12.1 Å². The number of carbonyl (C=O) groups excluding carboxylic acids is 1. The number of anilines is 1. The molecule has 0 aromatic heterocycles. The van der Waals surface area contributed by atoms with Gasteiger partial charge in [-0.25, -0.2) is 4.39 Å². The van der Waals surface area contributed by atoms with Gasteiger partial charge < -0.3 is 20.1 Å². The number of nitrogens with one attached hydrogen (secondary N) is 2. The fraction of sp³-hybridized carbons (Fsp3) is 0.300. The first kappa shape index (κ1) is 20.0. The Bertz CT molecular complexity index is 834. The molecule has 0 aliphatic heterocycles. The molecule has 0 saturated heterocycles. The maximum Gasteiger partial charge on any atom is 0.220 e. The monoisotopic (exact) mass is 371 g/mol. The SMILES string of the molecule is COc1ccc(CCC(=O)NCCNc2cccc(F)c2C#N)cc1OC. The first-order chi connectivity index (χ1) is 13.1. The van der Waals surface area contributed by atoms with E-state index < -0.39 is 5.82 Å². The van der Waals surface area contributed by atoms with Crippen LogP contribution in [0.1, 0.15) is 17.5 Å². The minimum atomic E-state index is -0.568.